The predicted molar refractivity (Wildman–Crippen MR) is 125 cm³/mol. The van der Waals surface area contributed by atoms with Crippen molar-refractivity contribution in [1.82, 2.24) is 20.2 Å². The van der Waals surface area contributed by atoms with Gasteiger partial charge in [-0.1, -0.05) is 18.2 Å². The second-order valence-corrected chi connectivity index (χ2v) is 7.49. The third-order valence-electron chi connectivity index (χ3n) is 5.13. The van der Waals surface area contributed by atoms with Gasteiger partial charge in [0, 0.05) is 43.0 Å². The number of aromatic nitrogens is 2. The highest BCUT2D eigenvalue weighted by Crippen LogP contribution is 2.18. The fourth-order valence-corrected chi connectivity index (χ4v) is 3.74. The van der Waals surface area contributed by atoms with E-state index in [1.54, 1.807) is 7.11 Å². The van der Waals surface area contributed by atoms with Crippen molar-refractivity contribution in [1.29, 1.82) is 0 Å². The summed E-state index contributed by atoms with van der Waals surface area (Å²) < 4.78 is 7.41. The second-order valence-electron chi connectivity index (χ2n) is 7.08. The van der Waals surface area contributed by atoms with Crippen molar-refractivity contribution in [3.8, 4) is 5.75 Å². The van der Waals surface area contributed by atoms with Crippen LogP contribution in [0.4, 0.5) is 0 Å². The van der Waals surface area contributed by atoms with Gasteiger partial charge in [0.05, 0.1) is 12.6 Å². The minimum Gasteiger partial charge on any atom is -0.497 e. The molecule has 0 aliphatic rings. The third-order valence-corrected chi connectivity index (χ3v) is 5.42. The molecule has 0 atom stereocenters. The normalized spacial score (nSPS) is 11.0. The van der Waals surface area contributed by atoms with Crippen molar-refractivity contribution in [3.05, 3.63) is 76.7 Å². The predicted octanol–water partition coefficient (Wildman–Crippen LogP) is 3.20. The maximum atomic E-state index is 12.3. The molecule has 0 bridgehead atoms. The zero-order valence-electron chi connectivity index (χ0n) is 16.8. The van der Waals surface area contributed by atoms with Crippen molar-refractivity contribution < 1.29 is 4.74 Å². The summed E-state index contributed by atoms with van der Waals surface area (Å²) in [5.74, 6) is 0.719. The molecule has 0 spiro atoms. The number of methoxy groups -OCH3 is 1. The molecular formula is C23H24N4O2S. The number of benzene rings is 2. The van der Waals surface area contributed by atoms with Crippen molar-refractivity contribution in [3.63, 3.8) is 0 Å². The van der Waals surface area contributed by atoms with E-state index in [1.165, 1.54) is 10.9 Å². The summed E-state index contributed by atoms with van der Waals surface area (Å²) in [7, 11) is 1.61. The first-order valence-electron chi connectivity index (χ1n) is 9.89. The van der Waals surface area contributed by atoms with Gasteiger partial charge in [0.2, 0.25) is 0 Å². The van der Waals surface area contributed by atoms with Gasteiger partial charge in [-0.05, 0) is 59.7 Å². The number of pyridine rings is 1. The highest BCUT2D eigenvalue weighted by Gasteiger charge is 2.05. The molecule has 0 radical (unpaired) electrons. The Bertz CT molecular complexity index is 1240. The number of aromatic amines is 1. The fraction of sp³-hybridized carbons (Fsp3) is 0.217. The average molecular weight is 421 g/mol. The highest BCUT2D eigenvalue weighted by molar-refractivity contribution is 7.80. The van der Waals surface area contributed by atoms with E-state index < -0.39 is 0 Å². The van der Waals surface area contributed by atoms with Gasteiger partial charge in [0.1, 0.15) is 5.75 Å². The van der Waals surface area contributed by atoms with Crippen LogP contribution in [0.15, 0.2) is 65.6 Å². The number of thiocarbonyl (C=S) groups is 1. The van der Waals surface area contributed by atoms with E-state index in [0.717, 1.165) is 35.3 Å². The van der Waals surface area contributed by atoms with Crippen LogP contribution < -0.4 is 20.9 Å². The molecule has 0 unspecified atom stereocenters. The monoisotopic (exact) mass is 420 g/mol. The van der Waals surface area contributed by atoms with Crippen molar-refractivity contribution in [2.45, 2.75) is 13.0 Å². The topological polar surface area (TPSA) is 71.1 Å². The molecule has 4 rings (SSSR count). The van der Waals surface area contributed by atoms with Crippen LogP contribution in [-0.4, -0.2) is 34.9 Å². The number of para-hydroxylation sites is 1. The first kappa shape index (κ1) is 20.0. The number of ether oxygens (including phenoxy) is 1. The molecule has 0 saturated carbocycles. The molecule has 154 valence electrons. The van der Waals surface area contributed by atoms with Gasteiger partial charge >= 0.3 is 0 Å². The van der Waals surface area contributed by atoms with Gasteiger partial charge in [-0.25, -0.2) is 0 Å². The molecular weight excluding hydrogens is 396 g/mol. The number of fused-ring (bicyclic) bond motifs is 2. The molecule has 0 aliphatic heterocycles. The zero-order chi connectivity index (χ0) is 20.9. The number of rotatable bonds is 7. The van der Waals surface area contributed by atoms with Crippen LogP contribution in [0.1, 0.15) is 5.56 Å². The van der Waals surface area contributed by atoms with Gasteiger partial charge in [0.25, 0.3) is 5.56 Å². The number of nitrogens with zero attached hydrogens (tertiary/aromatic N) is 1. The van der Waals surface area contributed by atoms with Crippen LogP contribution in [0.25, 0.3) is 21.8 Å². The third kappa shape index (κ3) is 4.46. The lowest BCUT2D eigenvalue weighted by Crippen LogP contribution is -2.38. The lowest BCUT2D eigenvalue weighted by molar-refractivity contribution is 0.415. The molecule has 7 heteroatoms. The summed E-state index contributed by atoms with van der Waals surface area (Å²) in [6.07, 6.45) is 2.67. The fourth-order valence-electron chi connectivity index (χ4n) is 3.54. The van der Waals surface area contributed by atoms with Crippen LogP contribution in [0, 0.1) is 0 Å². The van der Waals surface area contributed by atoms with E-state index in [1.807, 2.05) is 36.4 Å². The molecule has 2 heterocycles. The van der Waals surface area contributed by atoms with E-state index in [4.69, 9.17) is 17.0 Å². The Kier molecular flexibility index (Phi) is 5.99. The number of H-pyrrole nitrogens is 1. The molecule has 3 N–H and O–H groups in total. The second kappa shape index (κ2) is 9.00. The van der Waals surface area contributed by atoms with Crippen molar-refractivity contribution >= 4 is 39.1 Å². The van der Waals surface area contributed by atoms with Crippen LogP contribution in [0.2, 0.25) is 0 Å². The van der Waals surface area contributed by atoms with E-state index in [9.17, 15) is 4.79 Å². The summed E-state index contributed by atoms with van der Waals surface area (Å²) in [6, 6.07) is 18.0. The maximum absolute atomic E-state index is 12.3. The highest BCUT2D eigenvalue weighted by atomic mass is 32.1. The first-order chi connectivity index (χ1) is 14.6. The molecule has 6 nitrogen and oxygen atoms in total. The molecule has 0 fully saturated rings. The molecule has 30 heavy (non-hydrogen) atoms. The Labute approximate surface area is 179 Å². The van der Waals surface area contributed by atoms with Gasteiger partial charge in [-0.2, -0.15) is 0 Å². The zero-order valence-corrected chi connectivity index (χ0v) is 17.6. The minimum absolute atomic E-state index is 0.0871. The number of hydrogen-bond donors (Lipinski definition) is 3. The molecule has 2 aromatic carbocycles. The lowest BCUT2D eigenvalue weighted by Gasteiger charge is -2.12. The van der Waals surface area contributed by atoms with E-state index in [0.29, 0.717) is 18.1 Å². The van der Waals surface area contributed by atoms with E-state index >= 15 is 0 Å². The quantitative estimate of drug-likeness (QED) is 0.401. The van der Waals surface area contributed by atoms with Gasteiger partial charge < -0.3 is 24.9 Å². The van der Waals surface area contributed by atoms with Crippen LogP contribution in [-0.2, 0) is 13.0 Å². The Balaban J connectivity index is 1.27. The van der Waals surface area contributed by atoms with Gasteiger partial charge in [0.15, 0.2) is 5.11 Å². The minimum atomic E-state index is -0.0871. The van der Waals surface area contributed by atoms with Crippen molar-refractivity contribution in [2.24, 2.45) is 0 Å². The van der Waals surface area contributed by atoms with Crippen LogP contribution in [0.5, 0.6) is 5.75 Å². The summed E-state index contributed by atoms with van der Waals surface area (Å²) in [5.41, 5.74) is 2.62. The van der Waals surface area contributed by atoms with Crippen molar-refractivity contribution in [2.75, 3.05) is 20.2 Å². The Morgan fingerprint density at radius 3 is 2.77 bits per heavy atom. The standard InChI is InChI=1S/C23H24N4O2S/c1-29-19-7-6-17-14-18(22(28)26-20(17)15-19)8-10-24-23(30)25-11-13-27-12-9-16-4-2-3-5-21(16)27/h2-7,9,12,14-15H,8,10-11,13H2,1H3,(H,26,28)(H2,24,25,30). The Hall–Kier alpha value is -3.32. The van der Waals surface area contributed by atoms with E-state index in [-0.39, 0.29) is 5.56 Å². The summed E-state index contributed by atoms with van der Waals surface area (Å²) in [4.78, 5) is 15.3. The maximum Gasteiger partial charge on any atom is 0.251 e. The summed E-state index contributed by atoms with van der Waals surface area (Å²) >= 11 is 5.37. The first-order valence-corrected chi connectivity index (χ1v) is 10.3. The van der Waals surface area contributed by atoms with Gasteiger partial charge in [-0.15, -0.1) is 0 Å². The average Bonchev–Trinajstić information content (AvgIpc) is 3.17. The van der Waals surface area contributed by atoms with E-state index in [2.05, 4.69) is 44.6 Å². The summed E-state index contributed by atoms with van der Waals surface area (Å²) in [6.45, 7) is 2.13. The lowest BCUT2D eigenvalue weighted by atomic mass is 10.1. The van der Waals surface area contributed by atoms with Gasteiger partial charge in [-0.3, -0.25) is 4.79 Å². The largest absolute Gasteiger partial charge is 0.497 e. The number of hydrogen-bond acceptors (Lipinski definition) is 3. The smallest absolute Gasteiger partial charge is 0.251 e. The van der Waals surface area contributed by atoms with Crippen LogP contribution in [0.3, 0.4) is 0 Å². The molecule has 2 aromatic heterocycles. The SMILES string of the molecule is COc1ccc2cc(CCNC(=S)NCCn3ccc4ccccc43)c(=O)[nH]c2c1. The molecule has 0 amide bonds. The molecule has 0 aliphatic carbocycles. The molecule has 0 saturated heterocycles. The Morgan fingerprint density at radius 1 is 1.07 bits per heavy atom. The summed E-state index contributed by atoms with van der Waals surface area (Å²) in [5, 5.41) is 9.21. The number of nitrogens with one attached hydrogen (secondary N) is 3. The Morgan fingerprint density at radius 2 is 1.90 bits per heavy atom. The molecule has 4 aromatic rings. The van der Waals surface area contributed by atoms with Crippen LogP contribution >= 0.6 is 12.2 Å².